The Hall–Kier alpha value is -2.10. The second-order valence-corrected chi connectivity index (χ2v) is 3.20. The highest BCUT2D eigenvalue weighted by atomic mass is 16.4. The highest BCUT2D eigenvalue weighted by Crippen LogP contribution is 2.03. The van der Waals surface area contributed by atoms with E-state index < -0.39 is 5.97 Å². The van der Waals surface area contributed by atoms with E-state index in [-0.39, 0.29) is 5.56 Å². The Balaban J connectivity index is 2.15. The molecule has 1 aromatic carbocycles. The summed E-state index contributed by atoms with van der Waals surface area (Å²) in [6.07, 6.45) is 2.75. The average Bonchev–Trinajstić information content (AvgIpc) is 2.68. The maximum Gasteiger partial charge on any atom is 0.0746 e. The number of hydrogen-bond donors (Lipinski definition) is 0. The minimum Gasteiger partial charge on any atom is -0.545 e. The van der Waals surface area contributed by atoms with Crippen molar-refractivity contribution in [3.8, 4) is 0 Å². The van der Waals surface area contributed by atoms with Gasteiger partial charge in [0.15, 0.2) is 0 Å². The molecule has 0 unspecified atom stereocenters. The smallest absolute Gasteiger partial charge is 0.0746 e. The van der Waals surface area contributed by atoms with Gasteiger partial charge in [0.05, 0.1) is 18.7 Å². The zero-order chi connectivity index (χ0) is 10.7. The van der Waals surface area contributed by atoms with E-state index in [2.05, 4.69) is 5.10 Å². The summed E-state index contributed by atoms with van der Waals surface area (Å²) in [5.41, 5.74) is 1.18. The van der Waals surface area contributed by atoms with Crippen LogP contribution in [0.2, 0.25) is 0 Å². The van der Waals surface area contributed by atoms with E-state index >= 15 is 0 Å². The third-order valence-corrected chi connectivity index (χ3v) is 2.06. The largest absolute Gasteiger partial charge is 0.545 e. The maximum absolute atomic E-state index is 10.5. The van der Waals surface area contributed by atoms with Crippen molar-refractivity contribution in [1.82, 2.24) is 9.78 Å². The van der Waals surface area contributed by atoms with E-state index in [1.807, 2.05) is 30.3 Å². The quantitative estimate of drug-likeness (QED) is 0.717. The summed E-state index contributed by atoms with van der Waals surface area (Å²) in [6.45, 7) is 0.564. The minimum atomic E-state index is -1.20. The monoisotopic (exact) mass is 201 g/mol. The van der Waals surface area contributed by atoms with Crippen molar-refractivity contribution in [1.29, 1.82) is 0 Å². The van der Waals surface area contributed by atoms with Gasteiger partial charge in [0.25, 0.3) is 0 Å². The number of carboxylic acid groups (broad SMARTS) is 1. The number of carbonyl (C=O) groups is 1. The van der Waals surface area contributed by atoms with Gasteiger partial charge in [0.2, 0.25) is 0 Å². The van der Waals surface area contributed by atoms with E-state index in [0.717, 1.165) is 5.56 Å². The number of aromatic nitrogens is 2. The average molecular weight is 201 g/mol. The second-order valence-electron chi connectivity index (χ2n) is 3.20. The Kier molecular flexibility index (Phi) is 2.49. The molecule has 0 bridgehead atoms. The molecule has 2 rings (SSSR count). The Morgan fingerprint density at radius 1 is 1.33 bits per heavy atom. The van der Waals surface area contributed by atoms with E-state index in [9.17, 15) is 9.90 Å². The van der Waals surface area contributed by atoms with Crippen LogP contribution in [0.25, 0.3) is 0 Å². The number of benzene rings is 1. The molecular weight excluding hydrogens is 192 g/mol. The Morgan fingerprint density at radius 3 is 2.67 bits per heavy atom. The molecule has 0 amide bonds. The van der Waals surface area contributed by atoms with Crippen LogP contribution >= 0.6 is 0 Å². The van der Waals surface area contributed by atoms with Gasteiger partial charge in [-0.1, -0.05) is 30.3 Å². The number of aromatic carboxylic acids is 1. The van der Waals surface area contributed by atoms with Gasteiger partial charge in [-0.25, -0.2) is 0 Å². The van der Waals surface area contributed by atoms with Gasteiger partial charge < -0.3 is 9.90 Å². The first kappa shape index (κ1) is 9.45. The number of hydrogen-bond acceptors (Lipinski definition) is 3. The third kappa shape index (κ3) is 2.22. The lowest BCUT2D eigenvalue weighted by Crippen LogP contribution is -2.21. The Bertz CT molecular complexity index is 462. The fourth-order valence-electron chi connectivity index (χ4n) is 1.33. The first-order valence-electron chi connectivity index (χ1n) is 4.53. The van der Waals surface area contributed by atoms with Crippen LogP contribution in [0.4, 0.5) is 0 Å². The number of carboxylic acids is 1. The van der Waals surface area contributed by atoms with E-state index in [0.29, 0.717) is 6.54 Å². The van der Waals surface area contributed by atoms with Crippen LogP contribution in [0.15, 0.2) is 42.7 Å². The van der Waals surface area contributed by atoms with E-state index in [1.165, 1.54) is 12.4 Å². The molecule has 4 nitrogen and oxygen atoms in total. The van der Waals surface area contributed by atoms with Crippen molar-refractivity contribution < 1.29 is 9.90 Å². The summed E-state index contributed by atoms with van der Waals surface area (Å²) in [7, 11) is 0. The molecule has 0 aliphatic heterocycles. The van der Waals surface area contributed by atoms with Crippen LogP contribution in [0.1, 0.15) is 15.9 Å². The molecule has 1 aromatic heterocycles. The Labute approximate surface area is 86.8 Å². The number of nitrogens with zero attached hydrogens (tertiary/aromatic N) is 2. The zero-order valence-electron chi connectivity index (χ0n) is 7.96. The maximum atomic E-state index is 10.5. The second kappa shape index (κ2) is 3.96. The molecule has 0 fully saturated rings. The number of rotatable bonds is 3. The predicted molar refractivity (Wildman–Crippen MR) is 52.1 cm³/mol. The highest BCUT2D eigenvalue weighted by Gasteiger charge is 1.99. The molecule has 2 aromatic rings. The molecule has 0 saturated heterocycles. The van der Waals surface area contributed by atoms with Crippen LogP contribution in [-0.2, 0) is 6.54 Å². The molecule has 76 valence electrons. The van der Waals surface area contributed by atoms with Crippen molar-refractivity contribution >= 4 is 5.97 Å². The zero-order valence-corrected chi connectivity index (χ0v) is 7.96. The van der Waals surface area contributed by atoms with Crippen molar-refractivity contribution in [3.63, 3.8) is 0 Å². The van der Waals surface area contributed by atoms with Crippen molar-refractivity contribution in [2.24, 2.45) is 0 Å². The van der Waals surface area contributed by atoms with Gasteiger partial charge in [-0.15, -0.1) is 0 Å². The van der Waals surface area contributed by atoms with Gasteiger partial charge in [-0.05, 0) is 5.56 Å². The lowest BCUT2D eigenvalue weighted by molar-refractivity contribution is -0.255. The van der Waals surface area contributed by atoms with Crippen LogP contribution in [0.5, 0.6) is 0 Å². The Morgan fingerprint density at radius 2 is 2.07 bits per heavy atom. The lowest BCUT2D eigenvalue weighted by Gasteiger charge is -2.00. The topological polar surface area (TPSA) is 57.9 Å². The molecule has 0 spiro atoms. The van der Waals surface area contributed by atoms with Gasteiger partial charge >= 0.3 is 0 Å². The van der Waals surface area contributed by atoms with Crippen LogP contribution in [0, 0.1) is 0 Å². The summed E-state index contributed by atoms with van der Waals surface area (Å²) in [6, 6.07) is 9.71. The van der Waals surface area contributed by atoms with Crippen molar-refractivity contribution in [2.75, 3.05) is 0 Å². The lowest BCUT2D eigenvalue weighted by atomic mass is 10.2. The summed E-state index contributed by atoms with van der Waals surface area (Å²) < 4.78 is 1.57. The summed E-state index contributed by atoms with van der Waals surface area (Å²) in [5, 5.41) is 14.4. The summed E-state index contributed by atoms with van der Waals surface area (Å²) in [5.74, 6) is -1.20. The van der Waals surface area contributed by atoms with Gasteiger partial charge in [-0.2, -0.15) is 5.10 Å². The molecule has 0 radical (unpaired) electrons. The molecule has 0 aliphatic rings. The third-order valence-electron chi connectivity index (χ3n) is 2.06. The molecule has 0 aliphatic carbocycles. The van der Waals surface area contributed by atoms with E-state index in [4.69, 9.17) is 0 Å². The summed E-state index contributed by atoms with van der Waals surface area (Å²) in [4.78, 5) is 10.5. The summed E-state index contributed by atoms with van der Waals surface area (Å²) >= 11 is 0. The van der Waals surface area contributed by atoms with E-state index in [1.54, 1.807) is 4.68 Å². The molecule has 1 heterocycles. The van der Waals surface area contributed by atoms with Gasteiger partial charge in [-0.3, -0.25) is 4.68 Å². The standard InChI is InChI=1S/C11H10N2O2/c14-11(15)10-6-12-13(8-10)7-9-4-2-1-3-5-9/h1-6,8H,7H2,(H,14,15)/p-1. The fraction of sp³-hybridized carbons (Fsp3) is 0.0909. The molecular formula is C11H9N2O2-. The van der Waals surface area contributed by atoms with Gasteiger partial charge in [0, 0.05) is 11.8 Å². The first-order chi connectivity index (χ1) is 7.25. The van der Waals surface area contributed by atoms with Crippen molar-refractivity contribution in [2.45, 2.75) is 6.54 Å². The molecule has 0 N–H and O–H groups in total. The SMILES string of the molecule is O=C([O-])c1cnn(Cc2ccccc2)c1. The molecule has 4 heteroatoms. The molecule has 0 atom stereocenters. The predicted octanol–water partition coefficient (Wildman–Crippen LogP) is 0.295. The normalized spacial score (nSPS) is 10.1. The highest BCUT2D eigenvalue weighted by molar-refractivity contribution is 5.84. The van der Waals surface area contributed by atoms with Crippen molar-refractivity contribution in [3.05, 3.63) is 53.9 Å². The minimum absolute atomic E-state index is 0.103. The first-order valence-corrected chi connectivity index (χ1v) is 4.53. The molecule has 0 saturated carbocycles. The van der Waals surface area contributed by atoms with Crippen LogP contribution in [-0.4, -0.2) is 15.7 Å². The van der Waals surface area contributed by atoms with Crippen LogP contribution in [0.3, 0.4) is 0 Å². The number of carbonyl (C=O) groups excluding carboxylic acids is 1. The molecule has 15 heavy (non-hydrogen) atoms. The van der Waals surface area contributed by atoms with Gasteiger partial charge in [0.1, 0.15) is 0 Å². The van der Waals surface area contributed by atoms with Crippen LogP contribution < -0.4 is 5.11 Å². The fourth-order valence-corrected chi connectivity index (χ4v) is 1.33.